The second-order valence-corrected chi connectivity index (χ2v) is 13.9. The summed E-state index contributed by atoms with van der Waals surface area (Å²) in [6, 6.07) is 37.6. The lowest BCUT2D eigenvalue weighted by molar-refractivity contribution is -0.0393. The molecule has 1 spiro atoms. The summed E-state index contributed by atoms with van der Waals surface area (Å²) in [6.07, 6.45) is 6.94. The van der Waals surface area contributed by atoms with E-state index in [0.717, 1.165) is 33.4 Å². The van der Waals surface area contributed by atoms with Gasteiger partial charge in [0.05, 0.1) is 0 Å². The first-order valence-electron chi connectivity index (χ1n) is 16.1. The lowest BCUT2D eigenvalue weighted by atomic mass is 9.43. The van der Waals surface area contributed by atoms with Crippen LogP contribution in [0.3, 0.4) is 0 Å². The summed E-state index contributed by atoms with van der Waals surface area (Å²) in [4.78, 5) is 0. The van der Waals surface area contributed by atoms with E-state index in [1.54, 1.807) is 11.1 Å². The van der Waals surface area contributed by atoms with E-state index in [1.165, 1.54) is 65.1 Å². The minimum atomic E-state index is -1.54. The molecule has 11 rings (SSSR count). The van der Waals surface area contributed by atoms with Gasteiger partial charge in [-0.1, -0.05) is 97.1 Å². The molecule has 43 heavy (non-hydrogen) atoms. The van der Waals surface area contributed by atoms with Crippen LogP contribution in [-0.4, -0.2) is 17.2 Å². The molecule has 4 saturated carbocycles. The van der Waals surface area contributed by atoms with Crippen molar-refractivity contribution in [2.75, 3.05) is 0 Å². The summed E-state index contributed by atoms with van der Waals surface area (Å²) in [5, 5.41) is 27.7. The van der Waals surface area contributed by atoms with Crippen LogP contribution in [0.5, 0.6) is 0 Å². The maximum Gasteiger partial charge on any atom is 0.489 e. The topological polar surface area (TPSA) is 40.5 Å². The SMILES string of the molecule is OB(O)c1c2ccccc2c(-c2ccc3c(c2)-c2ccc4ccccc4c2C32C3CC4CC(C3)CC2C4)c2ccccc12. The fourth-order valence-corrected chi connectivity index (χ4v) is 10.9. The minimum absolute atomic E-state index is 0.104. The highest BCUT2D eigenvalue weighted by atomic mass is 16.4. The Morgan fingerprint density at radius 1 is 0.558 bits per heavy atom. The third kappa shape index (κ3) is 3.07. The van der Waals surface area contributed by atoms with E-state index in [-0.39, 0.29) is 5.41 Å². The second kappa shape index (κ2) is 8.59. The maximum atomic E-state index is 10.5. The first-order valence-corrected chi connectivity index (χ1v) is 16.1. The lowest BCUT2D eigenvalue weighted by Crippen LogP contribution is -2.55. The van der Waals surface area contributed by atoms with E-state index in [1.807, 2.05) is 24.3 Å². The van der Waals surface area contributed by atoms with Gasteiger partial charge < -0.3 is 10.0 Å². The van der Waals surface area contributed by atoms with Crippen molar-refractivity contribution in [3.05, 3.63) is 114 Å². The van der Waals surface area contributed by atoms with Crippen molar-refractivity contribution in [2.24, 2.45) is 23.7 Å². The quantitative estimate of drug-likeness (QED) is 0.167. The molecule has 2 nitrogen and oxygen atoms in total. The fraction of sp³-hybridized carbons (Fsp3) is 0.250. The average Bonchev–Trinajstić information content (AvgIpc) is 3.32. The van der Waals surface area contributed by atoms with Crippen LogP contribution in [0.1, 0.15) is 43.2 Å². The Bertz CT molecular complexity index is 2060. The molecule has 0 aromatic heterocycles. The third-order valence-electron chi connectivity index (χ3n) is 12.0. The van der Waals surface area contributed by atoms with Crippen LogP contribution in [0.4, 0.5) is 0 Å². The largest absolute Gasteiger partial charge is 0.489 e. The molecule has 0 atom stereocenters. The van der Waals surface area contributed by atoms with Crippen LogP contribution in [0.2, 0.25) is 0 Å². The van der Waals surface area contributed by atoms with Gasteiger partial charge in [0.1, 0.15) is 0 Å². The fourth-order valence-electron chi connectivity index (χ4n) is 10.9. The maximum absolute atomic E-state index is 10.5. The Labute approximate surface area is 252 Å². The van der Waals surface area contributed by atoms with Gasteiger partial charge in [-0.2, -0.15) is 0 Å². The predicted molar refractivity (Wildman–Crippen MR) is 177 cm³/mol. The van der Waals surface area contributed by atoms with Crippen molar-refractivity contribution in [1.29, 1.82) is 0 Å². The molecular formula is C40H33BO2. The number of fused-ring (bicyclic) bond motifs is 7. The molecule has 0 radical (unpaired) electrons. The highest BCUT2D eigenvalue weighted by Crippen LogP contribution is 2.70. The molecule has 208 valence electrons. The average molecular weight is 557 g/mol. The summed E-state index contributed by atoms with van der Waals surface area (Å²) in [5.74, 6) is 3.25. The van der Waals surface area contributed by atoms with Gasteiger partial charge in [0.15, 0.2) is 0 Å². The van der Waals surface area contributed by atoms with Crippen LogP contribution in [0.15, 0.2) is 103 Å². The number of hydrogen-bond acceptors (Lipinski definition) is 2. The monoisotopic (exact) mass is 556 g/mol. The van der Waals surface area contributed by atoms with E-state index >= 15 is 0 Å². The molecule has 5 aliphatic carbocycles. The van der Waals surface area contributed by atoms with Gasteiger partial charge in [-0.3, -0.25) is 0 Å². The Morgan fingerprint density at radius 3 is 1.77 bits per heavy atom. The summed E-state index contributed by atoms with van der Waals surface area (Å²) < 4.78 is 0. The van der Waals surface area contributed by atoms with Crippen LogP contribution < -0.4 is 5.46 Å². The third-order valence-corrected chi connectivity index (χ3v) is 12.0. The summed E-state index contributed by atoms with van der Waals surface area (Å²) in [6.45, 7) is 0. The highest BCUT2D eigenvalue weighted by Gasteiger charge is 2.62. The zero-order valence-electron chi connectivity index (χ0n) is 24.1. The lowest BCUT2D eigenvalue weighted by Gasteiger charge is -2.61. The van der Waals surface area contributed by atoms with Crippen molar-refractivity contribution < 1.29 is 10.0 Å². The van der Waals surface area contributed by atoms with Gasteiger partial charge in [0.25, 0.3) is 0 Å². The molecule has 2 N–H and O–H groups in total. The first-order chi connectivity index (χ1) is 21.1. The Hall–Kier alpha value is -3.92. The van der Waals surface area contributed by atoms with Gasteiger partial charge in [0, 0.05) is 5.41 Å². The summed E-state index contributed by atoms with van der Waals surface area (Å²) in [7, 11) is -1.54. The van der Waals surface area contributed by atoms with Crippen molar-refractivity contribution in [3.63, 3.8) is 0 Å². The van der Waals surface area contributed by atoms with Crippen molar-refractivity contribution in [3.8, 4) is 22.3 Å². The van der Waals surface area contributed by atoms with Crippen LogP contribution in [0.25, 0.3) is 54.6 Å². The standard InChI is InChI=1S/C40H33BO2/c42-41(43)39-33-11-5-3-9-30(33)37(31-10-4-6-12-34(31)39)26-14-16-36-35(22-26)32-15-13-25-7-1-2-8-29(25)38(32)40(36)27-18-23-17-24(20-27)21-28(40)19-23/h1-16,22-24,27-28,42-43H,17-21H2. The zero-order valence-corrected chi connectivity index (χ0v) is 24.1. The molecule has 0 heterocycles. The van der Waals surface area contributed by atoms with E-state index in [2.05, 4.69) is 78.9 Å². The minimum Gasteiger partial charge on any atom is -0.423 e. The van der Waals surface area contributed by atoms with E-state index in [4.69, 9.17) is 0 Å². The molecule has 4 bridgehead atoms. The Balaban J connectivity index is 1.29. The zero-order chi connectivity index (χ0) is 28.4. The smallest absolute Gasteiger partial charge is 0.423 e. The predicted octanol–water partition coefficient (Wildman–Crippen LogP) is 8.22. The molecule has 3 heteroatoms. The number of benzene rings is 6. The molecule has 0 amide bonds. The van der Waals surface area contributed by atoms with Gasteiger partial charge >= 0.3 is 7.12 Å². The van der Waals surface area contributed by atoms with E-state index < -0.39 is 7.12 Å². The molecular weight excluding hydrogens is 523 g/mol. The molecule has 6 aromatic rings. The Morgan fingerprint density at radius 2 is 1.14 bits per heavy atom. The van der Waals surface area contributed by atoms with E-state index in [0.29, 0.717) is 17.3 Å². The Kier molecular flexibility index (Phi) is 4.90. The van der Waals surface area contributed by atoms with Gasteiger partial charge in [-0.25, -0.2) is 0 Å². The van der Waals surface area contributed by atoms with Crippen molar-refractivity contribution in [2.45, 2.75) is 37.5 Å². The first kappa shape index (κ1) is 24.5. The van der Waals surface area contributed by atoms with E-state index in [9.17, 15) is 10.0 Å². The molecule has 4 fully saturated rings. The molecule has 0 aliphatic heterocycles. The van der Waals surface area contributed by atoms with Gasteiger partial charge in [-0.15, -0.1) is 0 Å². The normalized spacial score (nSPS) is 26.5. The number of hydrogen-bond donors (Lipinski definition) is 2. The molecule has 5 aliphatic rings. The van der Waals surface area contributed by atoms with Crippen LogP contribution in [0, 0.1) is 23.7 Å². The van der Waals surface area contributed by atoms with Crippen LogP contribution >= 0.6 is 0 Å². The molecule has 6 aromatic carbocycles. The van der Waals surface area contributed by atoms with Crippen molar-refractivity contribution >= 4 is 44.9 Å². The van der Waals surface area contributed by atoms with Gasteiger partial charge in [0.2, 0.25) is 0 Å². The molecule has 0 unspecified atom stereocenters. The van der Waals surface area contributed by atoms with Crippen molar-refractivity contribution in [1.82, 2.24) is 0 Å². The molecule has 0 saturated heterocycles. The van der Waals surface area contributed by atoms with Crippen LogP contribution in [-0.2, 0) is 5.41 Å². The highest BCUT2D eigenvalue weighted by molar-refractivity contribution is 6.66. The second-order valence-electron chi connectivity index (χ2n) is 13.9. The summed E-state index contributed by atoms with van der Waals surface area (Å²) in [5.41, 5.74) is 9.07. The summed E-state index contributed by atoms with van der Waals surface area (Å²) >= 11 is 0. The van der Waals surface area contributed by atoms with Gasteiger partial charge in [-0.05, 0) is 133 Å². The number of rotatable bonds is 2.